The molecule has 0 aliphatic carbocycles. The van der Waals surface area contributed by atoms with Crippen molar-refractivity contribution in [2.75, 3.05) is 6.54 Å². The number of aliphatic hydroxyl groups excluding tert-OH is 1. The Hall–Kier alpha value is -2.36. The van der Waals surface area contributed by atoms with Crippen molar-refractivity contribution in [2.45, 2.75) is 26.1 Å². The molecule has 0 saturated heterocycles. The average Bonchev–Trinajstić information content (AvgIpc) is 3.01. The molecule has 0 aliphatic heterocycles. The third-order valence-electron chi connectivity index (χ3n) is 4.04. The van der Waals surface area contributed by atoms with Crippen LogP contribution in [0.4, 0.5) is 0 Å². The molecule has 3 rings (SSSR count). The minimum absolute atomic E-state index is 0.522. The van der Waals surface area contributed by atoms with Crippen LogP contribution in [-0.4, -0.2) is 16.6 Å². The van der Waals surface area contributed by atoms with Crippen LogP contribution in [0.5, 0.6) is 0 Å². The van der Waals surface area contributed by atoms with E-state index < -0.39 is 6.10 Å². The van der Waals surface area contributed by atoms with Crippen molar-refractivity contribution in [3.05, 3.63) is 95.4 Å². The van der Waals surface area contributed by atoms with Crippen molar-refractivity contribution in [1.29, 1.82) is 0 Å². The smallest absolute Gasteiger partial charge is 0.118 e. The molecule has 1 aromatic heterocycles. The van der Waals surface area contributed by atoms with E-state index in [4.69, 9.17) is 4.42 Å². The Morgan fingerprint density at radius 1 is 0.875 bits per heavy atom. The standard InChI is InChI=1S/C21H23NO2/c1-17-12-13-20(24-17)15-22(14-18-8-4-2-5-9-18)16-21(23)19-10-6-3-7-11-19/h2-13,21,23H,14-16H2,1H3. The van der Waals surface area contributed by atoms with Crippen LogP contribution in [0.2, 0.25) is 0 Å². The highest BCUT2D eigenvalue weighted by Gasteiger charge is 2.15. The van der Waals surface area contributed by atoms with Gasteiger partial charge in [0.1, 0.15) is 11.5 Å². The fraction of sp³-hybridized carbons (Fsp3) is 0.238. The number of aliphatic hydroxyl groups is 1. The van der Waals surface area contributed by atoms with Crippen LogP contribution in [0.25, 0.3) is 0 Å². The summed E-state index contributed by atoms with van der Waals surface area (Å²) in [6.45, 7) is 3.94. The Morgan fingerprint density at radius 2 is 1.54 bits per heavy atom. The van der Waals surface area contributed by atoms with E-state index in [0.717, 1.165) is 23.6 Å². The minimum atomic E-state index is -0.522. The normalized spacial score (nSPS) is 12.5. The Labute approximate surface area is 143 Å². The second-order valence-electron chi connectivity index (χ2n) is 6.09. The van der Waals surface area contributed by atoms with Crippen LogP contribution in [0.15, 0.2) is 77.2 Å². The van der Waals surface area contributed by atoms with Crippen LogP contribution < -0.4 is 0 Å². The summed E-state index contributed by atoms with van der Waals surface area (Å²) in [4.78, 5) is 2.21. The fourth-order valence-corrected chi connectivity index (χ4v) is 2.84. The SMILES string of the molecule is Cc1ccc(CN(Cc2ccccc2)CC(O)c2ccccc2)o1. The maximum absolute atomic E-state index is 10.6. The maximum Gasteiger partial charge on any atom is 0.118 e. The van der Waals surface area contributed by atoms with Gasteiger partial charge in [-0.05, 0) is 30.2 Å². The van der Waals surface area contributed by atoms with Crippen LogP contribution in [0.3, 0.4) is 0 Å². The molecule has 1 atom stereocenters. The average molecular weight is 321 g/mol. The maximum atomic E-state index is 10.6. The first-order chi connectivity index (χ1) is 11.7. The summed E-state index contributed by atoms with van der Waals surface area (Å²) in [7, 11) is 0. The van der Waals surface area contributed by atoms with Crippen molar-refractivity contribution in [3.8, 4) is 0 Å². The van der Waals surface area contributed by atoms with Gasteiger partial charge in [-0.15, -0.1) is 0 Å². The van der Waals surface area contributed by atoms with Crippen molar-refractivity contribution in [3.63, 3.8) is 0 Å². The third-order valence-corrected chi connectivity index (χ3v) is 4.04. The van der Waals surface area contributed by atoms with Crippen LogP contribution in [0, 0.1) is 6.92 Å². The molecule has 0 fully saturated rings. The second-order valence-corrected chi connectivity index (χ2v) is 6.09. The third kappa shape index (κ3) is 4.57. The molecular weight excluding hydrogens is 298 g/mol. The summed E-state index contributed by atoms with van der Waals surface area (Å²) in [5.74, 6) is 1.83. The summed E-state index contributed by atoms with van der Waals surface area (Å²) >= 11 is 0. The summed E-state index contributed by atoms with van der Waals surface area (Å²) in [6, 6.07) is 24.1. The highest BCUT2D eigenvalue weighted by Crippen LogP contribution is 2.18. The van der Waals surface area contributed by atoms with E-state index in [9.17, 15) is 5.11 Å². The first-order valence-electron chi connectivity index (χ1n) is 8.25. The zero-order valence-corrected chi connectivity index (χ0v) is 13.9. The minimum Gasteiger partial charge on any atom is -0.465 e. The number of furan rings is 1. The van der Waals surface area contributed by atoms with Gasteiger partial charge in [0.05, 0.1) is 12.6 Å². The first-order valence-corrected chi connectivity index (χ1v) is 8.25. The number of benzene rings is 2. The number of hydrogen-bond acceptors (Lipinski definition) is 3. The van der Waals surface area contributed by atoms with E-state index in [0.29, 0.717) is 13.1 Å². The Kier molecular flexibility index (Phi) is 5.47. The predicted octanol–water partition coefficient (Wildman–Crippen LogP) is 4.32. The summed E-state index contributed by atoms with van der Waals surface area (Å²) in [5, 5.41) is 10.6. The van der Waals surface area contributed by atoms with Gasteiger partial charge in [0.25, 0.3) is 0 Å². The first kappa shape index (κ1) is 16.5. The van der Waals surface area contributed by atoms with Gasteiger partial charge < -0.3 is 9.52 Å². The van der Waals surface area contributed by atoms with Crippen molar-refractivity contribution >= 4 is 0 Å². The molecule has 0 amide bonds. The van der Waals surface area contributed by atoms with Crippen LogP contribution in [0.1, 0.15) is 28.8 Å². The Balaban J connectivity index is 1.73. The van der Waals surface area contributed by atoms with Gasteiger partial charge in [-0.3, -0.25) is 4.90 Å². The lowest BCUT2D eigenvalue weighted by Crippen LogP contribution is -2.28. The van der Waals surface area contributed by atoms with Gasteiger partial charge in [-0.2, -0.15) is 0 Å². The van der Waals surface area contributed by atoms with Crippen LogP contribution >= 0.6 is 0 Å². The van der Waals surface area contributed by atoms with Gasteiger partial charge in [0.15, 0.2) is 0 Å². The number of rotatable bonds is 7. The molecule has 1 heterocycles. The fourth-order valence-electron chi connectivity index (χ4n) is 2.84. The molecule has 2 aromatic carbocycles. The van der Waals surface area contributed by atoms with Gasteiger partial charge in [-0.1, -0.05) is 60.7 Å². The molecule has 3 heteroatoms. The molecule has 0 saturated carbocycles. The van der Waals surface area contributed by atoms with Crippen molar-refractivity contribution < 1.29 is 9.52 Å². The largest absolute Gasteiger partial charge is 0.465 e. The van der Waals surface area contributed by atoms with Crippen molar-refractivity contribution in [1.82, 2.24) is 4.90 Å². The predicted molar refractivity (Wildman–Crippen MR) is 95.4 cm³/mol. The molecule has 0 radical (unpaired) electrons. The lowest BCUT2D eigenvalue weighted by Gasteiger charge is -2.24. The number of nitrogens with zero attached hydrogens (tertiary/aromatic N) is 1. The number of aryl methyl sites for hydroxylation is 1. The van der Waals surface area contributed by atoms with Gasteiger partial charge in [0.2, 0.25) is 0 Å². The van der Waals surface area contributed by atoms with E-state index in [1.807, 2.05) is 67.6 Å². The van der Waals surface area contributed by atoms with Crippen LogP contribution in [-0.2, 0) is 13.1 Å². The Bertz CT molecular complexity index is 737. The van der Waals surface area contributed by atoms with Gasteiger partial charge >= 0.3 is 0 Å². The molecule has 124 valence electrons. The topological polar surface area (TPSA) is 36.6 Å². The van der Waals surface area contributed by atoms with E-state index >= 15 is 0 Å². The van der Waals surface area contributed by atoms with E-state index in [1.165, 1.54) is 5.56 Å². The summed E-state index contributed by atoms with van der Waals surface area (Å²) < 4.78 is 5.72. The zero-order chi connectivity index (χ0) is 16.8. The van der Waals surface area contributed by atoms with Gasteiger partial charge in [0, 0.05) is 13.1 Å². The lowest BCUT2D eigenvalue weighted by atomic mass is 10.1. The molecule has 0 aliphatic rings. The molecule has 1 unspecified atom stereocenters. The summed E-state index contributed by atoms with van der Waals surface area (Å²) in [5.41, 5.74) is 2.16. The molecule has 3 nitrogen and oxygen atoms in total. The monoisotopic (exact) mass is 321 g/mol. The molecule has 24 heavy (non-hydrogen) atoms. The molecule has 0 spiro atoms. The molecular formula is C21H23NO2. The highest BCUT2D eigenvalue weighted by atomic mass is 16.3. The second kappa shape index (κ2) is 7.95. The quantitative estimate of drug-likeness (QED) is 0.704. The van der Waals surface area contributed by atoms with Gasteiger partial charge in [-0.25, -0.2) is 0 Å². The molecule has 3 aromatic rings. The zero-order valence-electron chi connectivity index (χ0n) is 13.9. The van der Waals surface area contributed by atoms with E-state index in [-0.39, 0.29) is 0 Å². The van der Waals surface area contributed by atoms with E-state index in [1.54, 1.807) is 0 Å². The highest BCUT2D eigenvalue weighted by molar-refractivity contribution is 5.18. The van der Waals surface area contributed by atoms with E-state index in [2.05, 4.69) is 17.0 Å². The molecule has 0 bridgehead atoms. The Morgan fingerprint density at radius 3 is 2.17 bits per heavy atom. The number of hydrogen-bond donors (Lipinski definition) is 1. The molecule has 1 N–H and O–H groups in total. The summed E-state index contributed by atoms with van der Waals surface area (Å²) in [6.07, 6.45) is -0.522. The lowest BCUT2D eigenvalue weighted by molar-refractivity contribution is 0.100. The van der Waals surface area contributed by atoms with Crippen molar-refractivity contribution in [2.24, 2.45) is 0 Å².